The Hall–Kier alpha value is -1.69. The van der Waals surface area contributed by atoms with E-state index >= 15 is 0 Å². The predicted octanol–water partition coefficient (Wildman–Crippen LogP) is 0.792. The van der Waals surface area contributed by atoms with Crippen molar-refractivity contribution in [2.45, 2.75) is 26.2 Å². The minimum absolute atomic E-state index is 0.188. The molecule has 0 aliphatic carbocycles. The Bertz CT molecular complexity index is 379. The third kappa shape index (κ3) is 5.21. The molecule has 0 aliphatic rings. The van der Waals surface area contributed by atoms with E-state index in [1.807, 2.05) is 24.9 Å². The summed E-state index contributed by atoms with van der Waals surface area (Å²) in [5.74, 6) is 0.591. The predicted molar refractivity (Wildman–Crippen MR) is 76.2 cm³/mol. The van der Waals surface area contributed by atoms with Crippen LogP contribution in [0.3, 0.4) is 0 Å². The van der Waals surface area contributed by atoms with Crippen LogP contribution >= 0.6 is 0 Å². The summed E-state index contributed by atoms with van der Waals surface area (Å²) in [4.78, 5) is 13.6. The number of unbranched alkanes of at least 4 members (excludes halogenated alkanes) is 2. The lowest BCUT2D eigenvalue weighted by Gasteiger charge is -2.17. The monoisotopic (exact) mass is 265 g/mol. The van der Waals surface area contributed by atoms with Crippen LogP contribution in [0.5, 0.6) is 0 Å². The van der Waals surface area contributed by atoms with Crippen molar-refractivity contribution in [3.05, 3.63) is 17.8 Å². The fourth-order valence-corrected chi connectivity index (χ4v) is 1.69. The first kappa shape index (κ1) is 15.4. The van der Waals surface area contributed by atoms with Gasteiger partial charge in [-0.25, -0.2) is 0 Å². The molecule has 0 aliphatic heterocycles. The highest BCUT2D eigenvalue weighted by atomic mass is 16.1. The van der Waals surface area contributed by atoms with Crippen molar-refractivity contribution >= 4 is 11.7 Å². The molecule has 0 saturated heterocycles. The van der Waals surface area contributed by atoms with Crippen LogP contribution in [0.1, 0.15) is 36.7 Å². The van der Waals surface area contributed by atoms with Crippen molar-refractivity contribution in [3.63, 3.8) is 0 Å². The summed E-state index contributed by atoms with van der Waals surface area (Å²) in [7, 11) is 1.97. The molecule has 6 nitrogen and oxygen atoms in total. The maximum atomic E-state index is 11.5. The smallest absolute Gasteiger partial charge is 0.271 e. The number of amides is 1. The molecule has 0 unspecified atom stereocenters. The molecule has 1 aromatic rings. The molecule has 0 atom stereocenters. The second-order valence-corrected chi connectivity index (χ2v) is 4.41. The zero-order chi connectivity index (χ0) is 14.1. The highest BCUT2D eigenvalue weighted by Gasteiger charge is 2.08. The molecule has 1 rings (SSSR count). The van der Waals surface area contributed by atoms with E-state index in [0.29, 0.717) is 12.2 Å². The van der Waals surface area contributed by atoms with Gasteiger partial charge in [0, 0.05) is 20.1 Å². The van der Waals surface area contributed by atoms with E-state index in [1.165, 1.54) is 0 Å². The van der Waals surface area contributed by atoms with Crippen molar-refractivity contribution in [2.75, 3.05) is 31.6 Å². The average Bonchev–Trinajstić information content (AvgIpc) is 2.44. The van der Waals surface area contributed by atoms with Gasteiger partial charge in [-0.1, -0.05) is 6.42 Å². The molecule has 0 spiro atoms. The van der Waals surface area contributed by atoms with E-state index in [0.717, 1.165) is 38.2 Å². The van der Waals surface area contributed by atoms with Crippen LogP contribution < -0.4 is 16.0 Å². The Kier molecular flexibility index (Phi) is 6.81. The lowest BCUT2D eigenvalue weighted by molar-refractivity contribution is 0.0950. The van der Waals surface area contributed by atoms with Gasteiger partial charge in [0.1, 0.15) is 0 Å². The Morgan fingerprint density at radius 1 is 1.32 bits per heavy atom. The first-order valence-corrected chi connectivity index (χ1v) is 6.72. The number of hydrogen-bond donors (Lipinski definition) is 2. The maximum absolute atomic E-state index is 11.5. The van der Waals surface area contributed by atoms with Gasteiger partial charge >= 0.3 is 0 Å². The molecule has 0 bridgehead atoms. The quantitative estimate of drug-likeness (QED) is 0.679. The van der Waals surface area contributed by atoms with Gasteiger partial charge < -0.3 is 16.0 Å². The van der Waals surface area contributed by atoms with Gasteiger partial charge in [-0.15, -0.1) is 10.2 Å². The number of hydrogen-bond acceptors (Lipinski definition) is 5. The van der Waals surface area contributed by atoms with Crippen LogP contribution in [0.15, 0.2) is 12.1 Å². The number of nitrogens with one attached hydrogen (secondary N) is 1. The molecule has 0 radical (unpaired) electrons. The highest BCUT2D eigenvalue weighted by Crippen LogP contribution is 2.09. The van der Waals surface area contributed by atoms with E-state index in [-0.39, 0.29) is 5.91 Å². The second kappa shape index (κ2) is 8.42. The summed E-state index contributed by atoms with van der Waals surface area (Å²) in [5.41, 5.74) is 5.80. The number of carbonyl (C=O) groups excluding carboxylic acids is 1. The van der Waals surface area contributed by atoms with E-state index in [1.54, 1.807) is 6.07 Å². The summed E-state index contributed by atoms with van der Waals surface area (Å²) in [6, 6.07) is 3.52. The van der Waals surface area contributed by atoms with Gasteiger partial charge in [0.25, 0.3) is 5.91 Å². The number of aromatic nitrogens is 2. The molecule has 3 N–H and O–H groups in total. The molecule has 1 amide bonds. The molecule has 1 heterocycles. The Morgan fingerprint density at radius 3 is 2.68 bits per heavy atom. The van der Waals surface area contributed by atoms with Crippen molar-refractivity contribution in [3.8, 4) is 0 Å². The van der Waals surface area contributed by atoms with Crippen LogP contribution in [0.4, 0.5) is 5.82 Å². The van der Waals surface area contributed by atoms with Crippen LogP contribution in [0, 0.1) is 0 Å². The molecule has 0 saturated carbocycles. The molecule has 6 heteroatoms. The number of nitrogens with two attached hydrogens (primary N) is 1. The Morgan fingerprint density at radius 2 is 2.11 bits per heavy atom. The van der Waals surface area contributed by atoms with Crippen molar-refractivity contribution in [2.24, 2.45) is 5.73 Å². The third-order valence-corrected chi connectivity index (χ3v) is 2.81. The average molecular weight is 265 g/mol. The summed E-state index contributed by atoms with van der Waals surface area (Å²) in [6.07, 6.45) is 3.24. The molecule has 1 aromatic heterocycles. The van der Waals surface area contributed by atoms with E-state index in [4.69, 9.17) is 5.73 Å². The zero-order valence-corrected chi connectivity index (χ0v) is 11.7. The van der Waals surface area contributed by atoms with Crippen LogP contribution in [0.2, 0.25) is 0 Å². The summed E-state index contributed by atoms with van der Waals surface area (Å²) < 4.78 is 0. The van der Waals surface area contributed by atoms with Gasteiger partial charge in [-0.3, -0.25) is 4.79 Å². The minimum atomic E-state index is -0.188. The van der Waals surface area contributed by atoms with Gasteiger partial charge in [-0.2, -0.15) is 0 Å². The Balaban J connectivity index is 2.48. The third-order valence-electron chi connectivity index (χ3n) is 2.81. The fraction of sp³-hybridized carbons (Fsp3) is 0.615. The molecule has 19 heavy (non-hydrogen) atoms. The molecule has 0 aromatic carbocycles. The van der Waals surface area contributed by atoms with Crippen molar-refractivity contribution in [1.82, 2.24) is 15.5 Å². The van der Waals surface area contributed by atoms with Crippen LogP contribution in [-0.4, -0.2) is 42.8 Å². The van der Waals surface area contributed by atoms with E-state index < -0.39 is 0 Å². The summed E-state index contributed by atoms with van der Waals surface area (Å²) >= 11 is 0. The molecule has 0 fully saturated rings. The Labute approximate surface area is 114 Å². The summed E-state index contributed by atoms with van der Waals surface area (Å²) in [5, 5.41) is 10.7. The van der Waals surface area contributed by atoms with E-state index in [9.17, 15) is 4.79 Å². The molecular formula is C13H23N5O. The highest BCUT2D eigenvalue weighted by molar-refractivity contribution is 5.92. The minimum Gasteiger partial charge on any atom is -0.358 e. The number of anilines is 1. The largest absolute Gasteiger partial charge is 0.358 e. The maximum Gasteiger partial charge on any atom is 0.271 e. The standard InChI is InChI=1S/C13H23N5O/c1-3-15-13(19)11-7-8-12(17-16-11)18(2)10-6-4-5-9-14/h7-8H,3-6,9-10,14H2,1-2H3,(H,15,19). The normalized spacial score (nSPS) is 10.3. The number of rotatable bonds is 8. The first-order chi connectivity index (χ1) is 9.19. The van der Waals surface area contributed by atoms with Crippen molar-refractivity contribution < 1.29 is 4.79 Å². The summed E-state index contributed by atoms with van der Waals surface area (Å²) in [6.45, 7) is 4.11. The first-order valence-electron chi connectivity index (χ1n) is 6.72. The SMILES string of the molecule is CCNC(=O)c1ccc(N(C)CCCCCN)nn1. The van der Waals surface area contributed by atoms with Crippen molar-refractivity contribution in [1.29, 1.82) is 0 Å². The molecular weight excluding hydrogens is 242 g/mol. The lowest BCUT2D eigenvalue weighted by Crippen LogP contribution is -2.25. The van der Waals surface area contributed by atoms with Gasteiger partial charge in [0.2, 0.25) is 0 Å². The topological polar surface area (TPSA) is 84.1 Å². The van der Waals surface area contributed by atoms with Gasteiger partial charge in [-0.05, 0) is 38.4 Å². The van der Waals surface area contributed by atoms with Gasteiger partial charge in [0.15, 0.2) is 11.5 Å². The van der Waals surface area contributed by atoms with Crippen LogP contribution in [-0.2, 0) is 0 Å². The lowest BCUT2D eigenvalue weighted by atomic mass is 10.2. The molecule has 106 valence electrons. The second-order valence-electron chi connectivity index (χ2n) is 4.41. The fourth-order valence-electron chi connectivity index (χ4n) is 1.69. The van der Waals surface area contributed by atoms with E-state index in [2.05, 4.69) is 15.5 Å². The number of nitrogens with zero attached hydrogens (tertiary/aromatic N) is 3. The number of carbonyl (C=O) groups is 1. The zero-order valence-electron chi connectivity index (χ0n) is 11.7. The van der Waals surface area contributed by atoms with Gasteiger partial charge in [0.05, 0.1) is 0 Å². The van der Waals surface area contributed by atoms with Crippen LogP contribution in [0.25, 0.3) is 0 Å².